The minimum atomic E-state index is -0.266. The molecule has 0 aliphatic carbocycles. The molecule has 0 saturated carbocycles. The Morgan fingerprint density at radius 3 is 2.29 bits per heavy atom. The average molecular weight is 326 g/mol. The summed E-state index contributed by atoms with van der Waals surface area (Å²) in [7, 11) is 0. The van der Waals surface area contributed by atoms with Gasteiger partial charge < -0.3 is 4.74 Å². The van der Waals surface area contributed by atoms with Crippen LogP contribution in [0.15, 0.2) is 36.7 Å². The lowest BCUT2D eigenvalue weighted by Gasteiger charge is -2.06. The maximum absolute atomic E-state index is 12.0. The number of nitrogens with zero attached hydrogens (tertiary/aromatic N) is 2. The van der Waals surface area contributed by atoms with Crippen molar-refractivity contribution in [1.82, 2.24) is 9.97 Å². The van der Waals surface area contributed by atoms with E-state index in [-0.39, 0.29) is 5.97 Å². The molecule has 128 valence electrons. The number of aryl methyl sites for hydroxylation is 1. The van der Waals surface area contributed by atoms with Crippen LogP contribution in [0.5, 0.6) is 0 Å². The van der Waals surface area contributed by atoms with Gasteiger partial charge in [-0.2, -0.15) is 0 Å². The Morgan fingerprint density at radius 2 is 1.67 bits per heavy atom. The number of esters is 1. The van der Waals surface area contributed by atoms with E-state index < -0.39 is 0 Å². The largest absolute Gasteiger partial charge is 0.462 e. The Balaban J connectivity index is 1.91. The van der Waals surface area contributed by atoms with Crippen molar-refractivity contribution in [1.29, 1.82) is 0 Å². The topological polar surface area (TPSA) is 52.1 Å². The van der Waals surface area contributed by atoms with Crippen molar-refractivity contribution in [3.05, 3.63) is 47.8 Å². The second kappa shape index (κ2) is 9.81. The molecule has 4 heteroatoms. The summed E-state index contributed by atoms with van der Waals surface area (Å²) in [6.45, 7) is 4.78. The summed E-state index contributed by atoms with van der Waals surface area (Å²) in [4.78, 5) is 20.8. The second-order valence-corrected chi connectivity index (χ2v) is 5.94. The van der Waals surface area contributed by atoms with Crippen LogP contribution in [0.1, 0.15) is 61.9 Å². The van der Waals surface area contributed by atoms with Gasteiger partial charge in [0.1, 0.15) is 0 Å². The van der Waals surface area contributed by atoms with Crippen LogP contribution in [0, 0.1) is 0 Å². The van der Waals surface area contributed by atoms with Crippen LogP contribution in [0.25, 0.3) is 11.4 Å². The fourth-order valence-corrected chi connectivity index (χ4v) is 2.45. The average Bonchev–Trinajstić information content (AvgIpc) is 2.62. The maximum atomic E-state index is 12.0. The van der Waals surface area contributed by atoms with Crippen molar-refractivity contribution >= 4 is 5.97 Å². The Labute approximate surface area is 144 Å². The summed E-state index contributed by atoms with van der Waals surface area (Å²) in [5.74, 6) is 0.409. The molecule has 0 unspecified atom stereocenters. The highest BCUT2D eigenvalue weighted by Crippen LogP contribution is 2.16. The summed E-state index contributed by atoms with van der Waals surface area (Å²) in [5, 5.41) is 0. The Bertz CT molecular complexity index is 621. The monoisotopic (exact) mass is 326 g/mol. The van der Waals surface area contributed by atoms with Crippen LogP contribution in [-0.2, 0) is 11.2 Å². The first-order valence-corrected chi connectivity index (χ1v) is 8.83. The van der Waals surface area contributed by atoms with E-state index in [2.05, 4.69) is 23.8 Å². The van der Waals surface area contributed by atoms with Crippen molar-refractivity contribution in [3.63, 3.8) is 0 Å². The van der Waals surface area contributed by atoms with Gasteiger partial charge in [-0.05, 0) is 30.5 Å². The van der Waals surface area contributed by atoms with Crippen molar-refractivity contribution in [2.75, 3.05) is 6.61 Å². The van der Waals surface area contributed by atoms with Gasteiger partial charge in [0.25, 0.3) is 0 Å². The summed E-state index contributed by atoms with van der Waals surface area (Å²) >= 11 is 0. The molecule has 2 aromatic rings. The van der Waals surface area contributed by atoms with E-state index in [1.807, 2.05) is 24.5 Å². The van der Waals surface area contributed by atoms with Gasteiger partial charge in [-0.3, -0.25) is 0 Å². The number of rotatable bonds is 9. The van der Waals surface area contributed by atoms with E-state index >= 15 is 0 Å². The number of benzene rings is 1. The van der Waals surface area contributed by atoms with Crippen LogP contribution >= 0.6 is 0 Å². The van der Waals surface area contributed by atoms with Gasteiger partial charge in [0.15, 0.2) is 5.82 Å². The zero-order valence-electron chi connectivity index (χ0n) is 14.6. The molecule has 2 rings (SSSR count). The molecule has 0 N–H and O–H groups in total. The quantitative estimate of drug-likeness (QED) is 0.489. The first kappa shape index (κ1) is 18.1. The van der Waals surface area contributed by atoms with Crippen LogP contribution in [0.2, 0.25) is 0 Å². The van der Waals surface area contributed by atoms with Crippen molar-refractivity contribution in [2.45, 2.75) is 52.4 Å². The van der Waals surface area contributed by atoms with E-state index in [1.54, 1.807) is 12.1 Å². The molecule has 0 aliphatic heterocycles. The van der Waals surface area contributed by atoms with Gasteiger partial charge >= 0.3 is 5.97 Å². The van der Waals surface area contributed by atoms with Gasteiger partial charge in [-0.15, -0.1) is 0 Å². The van der Waals surface area contributed by atoms with E-state index in [1.165, 1.54) is 12.8 Å². The minimum Gasteiger partial charge on any atom is -0.462 e. The Kier molecular flexibility index (Phi) is 7.40. The van der Waals surface area contributed by atoms with Crippen LogP contribution in [0.4, 0.5) is 0 Å². The van der Waals surface area contributed by atoms with Crippen molar-refractivity contribution < 1.29 is 9.53 Å². The van der Waals surface area contributed by atoms with Crippen LogP contribution < -0.4 is 0 Å². The molecule has 1 aromatic heterocycles. The second-order valence-electron chi connectivity index (χ2n) is 5.94. The summed E-state index contributed by atoms with van der Waals surface area (Å²) in [6.07, 6.45) is 10.2. The molecular weight excluding hydrogens is 300 g/mol. The highest BCUT2D eigenvalue weighted by Gasteiger charge is 2.08. The maximum Gasteiger partial charge on any atom is 0.338 e. The van der Waals surface area contributed by atoms with Gasteiger partial charge in [0.05, 0.1) is 12.2 Å². The molecule has 0 fully saturated rings. The molecule has 24 heavy (non-hydrogen) atoms. The predicted molar refractivity (Wildman–Crippen MR) is 95.9 cm³/mol. The van der Waals surface area contributed by atoms with Crippen LogP contribution in [-0.4, -0.2) is 22.5 Å². The Hall–Kier alpha value is -2.23. The van der Waals surface area contributed by atoms with Crippen molar-refractivity contribution in [2.24, 2.45) is 0 Å². The molecule has 0 aliphatic rings. The number of carbonyl (C=O) groups is 1. The van der Waals surface area contributed by atoms with Gasteiger partial charge in [-0.25, -0.2) is 14.8 Å². The fraction of sp³-hybridized carbons (Fsp3) is 0.450. The molecule has 1 heterocycles. The molecule has 0 atom stereocenters. The number of hydrogen-bond donors (Lipinski definition) is 0. The normalized spacial score (nSPS) is 10.6. The lowest BCUT2D eigenvalue weighted by molar-refractivity contribution is 0.0498. The van der Waals surface area contributed by atoms with Crippen molar-refractivity contribution in [3.8, 4) is 11.4 Å². The van der Waals surface area contributed by atoms with Gasteiger partial charge in [0.2, 0.25) is 0 Å². The lowest BCUT2D eigenvalue weighted by Crippen LogP contribution is -2.06. The smallest absolute Gasteiger partial charge is 0.338 e. The molecule has 1 aromatic carbocycles. The fourth-order valence-electron chi connectivity index (χ4n) is 2.45. The SMILES string of the molecule is CCCCCCOC(=O)c1ccc(-c2ncc(CCC)cn2)cc1. The number of aromatic nitrogens is 2. The summed E-state index contributed by atoms with van der Waals surface area (Å²) < 4.78 is 5.29. The molecule has 4 nitrogen and oxygen atoms in total. The minimum absolute atomic E-state index is 0.266. The van der Waals surface area contributed by atoms with E-state index in [9.17, 15) is 4.79 Å². The number of ether oxygens (including phenoxy) is 1. The molecule has 0 spiro atoms. The highest BCUT2D eigenvalue weighted by atomic mass is 16.5. The molecule has 0 bridgehead atoms. The predicted octanol–water partition coefficient (Wildman–Crippen LogP) is 4.83. The molecule has 0 radical (unpaired) electrons. The third-order valence-electron chi connectivity index (χ3n) is 3.85. The molecule has 0 saturated heterocycles. The molecule has 0 amide bonds. The zero-order chi connectivity index (χ0) is 17.2. The Morgan fingerprint density at radius 1 is 0.958 bits per heavy atom. The number of hydrogen-bond acceptors (Lipinski definition) is 4. The van der Waals surface area contributed by atoms with Gasteiger partial charge in [0, 0.05) is 18.0 Å². The van der Waals surface area contributed by atoms with Crippen LogP contribution in [0.3, 0.4) is 0 Å². The summed E-state index contributed by atoms with van der Waals surface area (Å²) in [6, 6.07) is 7.27. The van der Waals surface area contributed by atoms with E-state index in [4.69, 9.17) is 4.74 Å². The number of unbranched alkanes of at least 4 members (excludes halogenated alkanes) is 3. The first-order chi connectivity index (χ1) is 11.7. The standard InChI is InChI=1S/C20H26N2O2/c1-3-5-6-7-13-24-20(23)18-11-9-17(10-12-18)19-21-14-16(8-4-2)15-22-19/h9-12,14-15H,3-8,13H2,1-2H3. The third-order valence-corrected chi connectivity index (χ3v) is 3.85. The summed E-state index contributed by atoms with van der Waals surface area (Å²) in [5.41, 5.74) is 2.61. The lowest BCUT2D eigenvalue weighted by atomic mass is 10.1. The van der Waals surface area contributed by atoms with E-state index in [0.717, 1.165) is 36.8 Å². The third kappa shape index (κ3) is 5.44. The zero-order valence-corrected chi connectivity index (χ0v) is 14.6. The number of carbonyl (C=O) groups excluding carboxylic acids is 1. The van der Waals surface area contributed by atoms with Gasteiger partial charge in [-0.1, -0.05) is 51.7 Å². The van der Waals surface area contributed by atoms with E-state index in [0.29, 0.717) is 18.0 Å². The highest BCUT2D eigenvalue weighted by molar-refractivity contribution is 5.89. The molecular formula is C20H26N2O2. The first-order valence-electron chi connectivity index (χ1n) is 8.83.